The lowest BCUT2D eigenvalue weighted by Gasteiger charge is -2.40. The van der Waals surface area contributed by atoms with Crippen molar-refractivity contribution in [3.8, 4) is 0 Å². The maximum absolute atomic E-state index is 12.4. The number of nitrogen functional groups attached to an aromatic ring is 1. The first kappa shape index (κ1) is 19.2. The van der Waals surface area contributed by atoms with Crippen LogP contribution in [0.4, 0.5) is 16.6 Å². The molecule has 3 heterocycles. The maximum atomic E-state index is 12.4. The van der Waals surface area contributed by atoms with E-state index in [1.165, 1.54) is 0 Å². The summed E-state index contributed by atoms with van der Waals surface area (Å²) in [5.74, 6) is 7.45. The van der Waals surface area contributed by atoms with Crippen molar-refractivity contribution in [2.45, 2.75) is 46.3 Å². The van der Waals surface area contributed by atoms with Crippen molar-refractivity contribution in [3.63, 3.8) is 0 Å². The van der Waals surface area contributed by atoms with Crippen molar-refractivity contribution in [2.24, 2.45) is 12.9 Å². The van der Waals surface area contributed by atoms with Crippen LogP contribution in [0.3, 0.4) is 0 Å². The van der Waals surface area contributed by atoms with Gasteiger partial charge in [0, 0.05) is 32.7 Å². The predicted octanol–water partition coefficient (Wildman–Crippen LogP) is 1.40. The van der Waals surface area contributed by atoms with Gasteiger partial charge >= 0.3 is 6.09 Å². The number of rotatable bonds is 2. The van der Waals surface area contributed by atoms with E-state index in [0.29, 0.717) is 37.0 Å². The molecular weight excluding hydrogens is 348 g/mol. The Morgan fingerprint density at radius 1 is 1.26 bits per heavy atom. The largest absolute Gasteiger partial charge is 0.444 e. The molecular formula is C17H28N8O2. The molecule has 2 aromatic heterocycles. The van der Waals surface area contributed by atoms with Gasteiger partial charge in [0.25, 0.3) is 0 Å². The number of fused-ring (bicyclic) bond motifs is 1. The summed E-state index contributed by atoms with van der Waals surface area (Å²) in [6, 6.07) is 0.0392. The van der Waals surface area contributed by atoms with Crippen LogP contribution < -0.4 is 16.2 Å². The summed E-state index contributed by atoms with van der Waals surface area (Å²) in [5.41, 5.74) is 3.46. The van der Waals surface area contributed by atoms with Gasteiger partial charge in [0.1, 0.15) is 11.4 Å². The molecule has 1 aliphatic heterocycles. The number of carbonyl (C=O) groups excluding carboxylic acids is 1. The average molecular weight is 376 g/mol. The number of carbonyl (C=O) groups is 1. The zero-order chi connectivity index (χ0) is 19.9. The molecule has 0 aliphatic carbocycles. The monoisotopic (exact) mass is 376 g/mol. The van der Waals surface area contributed by atoms with E-state index in [-0.39, 0.29) is 12.1 Å². The number of anilines is 2. The molecule has 1 saturated heterocycles. The summed E-state index contributed by atoms with van der Waals surface area (Å²) in [6.45, 7) is 11.3. The zero-order valence-corrected chi connectivity index (χ0v) is 16.8. The first-order chi connectivity index (χ1) is 12.6. The summed E-state index contributed by atoms with van der Waals surface area (Å²) in [5, 5.41) is 0. The summed E-state index contributed by atoms with van der Waals surface area (Å²) in [6.07, 6.45) is -0.292. The number of nitrogens with zero attached hydrogens (tertiary/aromatic N) is 6. The molecule has 148 valence electrons. The molecule has 1 atom stereocenters. The van der Waals surface area contributed by atoms with Gasteiger partial charge in [-0.05, 0) is 34.6 Å². The molecule has 1 unspecified atom stereocenters. The fourth-order valence-corrected chi connectivity index (χ4v) is 3.18. The summed E-state index contributed by atoms with van der Waals surface area (Å²) >= 11 is 0. The van der Waals surface area contributed by atoms with Crippen molar-refractivity contribution >= 4 is 29.0 Å². The Balaban J connectivity index is 1.88. The van der Waals surface area contributed by atoms with Crippen LogP contribution in [0, 0.1) is 6.92 Å². The van der Waals surface area contributed by atoms with Crippen LogP contribution in [0.15, 0.2) is 0 Å². The smallest absolute Gasteiger partial charge is 0.410 e. The minimum absolute atomic E-state index is 0.0392. The van der Waals surface area contributed by atoms with E-state index in [0.717, 1.165) is 11.3 Å². The lowest BCUT2D eigenvalue weighted by molar-refractivity contribution is 0.0218. The number of imidazole rings is 1. The van der Waals surface area contributed by atoms with Crippen LogP contribution in [0.5, 0.6) is 0 Å². The molecule has 0 spiro atoms. The minimum Gasteiger partial charge on any atom is -0.444 e. The lowest BCUT2D eigenvalue weighted by atomic mass is 10.2. The number of nitrogens with one attached hydrogen (secondary N) is 1. The Kier molecular flexibility index (Phi) is 4.85. The highest BCUT2D eigenvalue weighted by atomic mass is 16.6. The number of ether oxygens (including phenoxy) is 1. The molecule has 0 aromatic carbocycles. The number of piperazine rings is 1. The van der Waals surface area contributed by atoms with Gasteiger partial charge in [-0.15, -0.1) is 0 Å². The fraction of sp³-hybridized carbons (Fsp3) is 0.647. The summed E-state index contributed by atoms with van der Waals surface area (Å²) < 4.78 is 7.40. The van der Waals surface area contributed by atoms with Gasteiger partial charge < -0.3 is 19.1 Å². The second-order valence-electron chi connectivity index (χ2n) is 7.87. The maximum Gasteiger partial charge on any atom is 0.410 e. The van der Waals surface area contributed by atoms with Gasteiger partial charge in [0.15, 0.2) is 17.0 Å². The second kappa shape index (κ2) is 6.84. The number of hydrogen-bond acceptors (Lipinski definition) is 8. The third kappa shape index (κ3) is 3.75. The average Bonchev–Trinajstić information content (AvgIpc) is 2.87. The van der Waals surface area contributed by atoms with Crippen LogP contribution in [0.1, 0.15) is 33.5 Å². The number of nitrogens with two attached hydrogens (primary N) is 1. The lowest BCUT2D eigenvalue weighted by Crippen LogP contribution is -2.55. The third-order valence-electron chi connectivity index (χ3n) is 4.60. The molecule has 0 radical (unpaired) electrons. The molecule has 10 nitrogen and oxygen atoms in total. The van der Waals surface area contributed by atoms with Crippen LogP contribution >= 0.6 is 0 Å². The van der Waals surface area contributed by atoms with Crippen LogP contribution in [0.2, 0.25) is 0 Å². The van der Waals surface area contributed by atoms with Gasteiger partial charge in [-0.25, -0.2) is 15.6 Å². The fourth-order valence-electron chi connectivity index (χ4n) is 3.18. The molecule has 1 amide bonds. The van der Waals surface area contributed by atoms with E-state index in [2.05, 4.69) is 32.2 Å². The number of aryl methyl sites for hydroxylation is 2. The Morgan fingerprint density at radius 3 is 2.56 bits per heavy atom. The first-order valence-electron chi connectivity index (χ1n) is 9.03. The molecule has 10 heteroatoms. The van der Waals surface area contributed by atoms with E-state index >= 15 is 0 Å². The minimum atomic E-state index is -0.510. The van der Waals surface area contributed by atoms with Gasteiger partial charge in [0.05, 0.1) is 0 Å². The number of aromatic nitrogens is 4. The van der Waals surface area contributed by atoms with E-state index in [1.807, 2.05) is 39.3 Å². The highest BCUT2D eigenvalue weighted by Crippen LogP contribution is 2.28. The van der Waals surface area contributed by atoms with E-state index in [9.17, 15) is 4.79 Å². The molecule has 1 fully saturated rings. The topological polar surface area (TPSA) is 114 Å². The number of hydrazine groups is 1. The summed E-state index contributed by atoms with van der Waals surface area (Å²) in [7, 11) is 1.91. The Morgan fingerprint density at radius 2 is 1.96 bits per heavy atom. The molecule has 2 aromatic rings. The predicted molar refractivity (Wildman–Crippen MR) is 103 cm³/mol. The quantitative estimate of drug-likeness (QED) is 0.597. The highest BCUT2D eigenvalue weighted by molar-refractivity contribution is 5.85. The van der Waals surface area contributed by atoms with E-state index in [1.54, 1.807) is 4.90 Å². The van der Waals surface area contributed by atoms with Crippen LogP contribution in [-0.4, -0.2) is 61.8 Å². The van der Waals surface area contributed by atoms with Gasteiger partial charge in [-0.1, -0.05) is 0 Å². The molecule has 1 aliphatic rings. The standard InChI is InChI=1S/C17H28N8O2/c1-10-9-24(16(26)27-17(3,4)5)7-8-25(10)14-12-13(20-15(21-14)22-18)23(6)11(2)19-12/h10H,7-9,18H2,1-6H3,(H,20,21,22). The van der Waals surface area contributed by atoms with E-state index in [4.69, 9.17) is 10.6 Å². The van der Waals surface area contributed by atoms with Crippen molar-refractivity contribution < 1.29 is 9.53 Å². The Hall–Kier alpha value is -2.62. The van der Waals surface area contributed by atoms with Crippen molar-refractivity contribution in [3.05, 3.63) is 5.82 Å². The van der Waals surface area contributed by atoms with Crippen LogP contribution in [-0.2, 0) is 11.8 Å². The van der Waals surface area contributed by atoms with Crippen molar-refractivity contribution in [2.75, 3.05) is 30.0 Å². The number of amides is 1. The van der Waals surface area contributed by atoms with E-state index < -0.39 is 5.60 Å². The SMILES string of the molecule is Cc1nc2c(N3CCN(C(=O)OC(C)(C)C)CC3C)nc(NN)nc2n1C. The summed E-state index contributed by atoms with van der Waals surface area (Å²) in [4.78, 5) is 29.8. The molecule has 3 N–H and O–H groups in total. The normalized spacial score (nSPS) is 18.1. The third-order valence-corrected chi connectivity index (χ3v) is 4.60. The Bertz CT molecular complexity index is 857. The van der Waals surface area contributed by atoms with Crippen molar-refractivity contribution in [1.29, 1.82) is 0 Å². The highest BCUT2D eigenvalue weighted by Gasteiger charge is 2.32. The van der Waals surface area contributed by atoms with Gasteiger partial charge in [-0.3, -0.25) is 5.43 Å². The molecule has 3 rings (SSSR count). The van der Waals surface area contributed by atoms with Crippen molar-refractivity contribution in [1.82, 2.24) is 24.4 Å². The molecule has 27 heavy (non-hydrogen) atoms. The van der Waals surface area contributed by atoms with Gasteiger partial charge in [-0.2, -0.15) is 9.97 Å². The second-order valence-corrected chi connectivity index (χ2v) is 7.87. The zero-order valence-electron chi connectivity index (χ0n) is 16.8. The molecule has 0 saturated carbocycles. The van der Waals surface area contributed by atoms with Crippen LogP contribution in [0.25, 0.3) is 11.2 Å². The first-order valence-corrected chi connectivity index (χ1v) is 9.03. The van der Waals surface area contributed by atoms with Gasteiger partial charge in [0.2, 0.25) is 5.95 Å². The molecule has 0 bridgehead atoms. The number of hydrogen-bond donors (Lipinski definition) is 2. The Labute approximate surface area is 158 Å².